The minimum Gasteiger partial charge on any atom is -0.456 e. The molecule has 3 nitrogen and oxygen atoms in total. The number of carbonyl (C=O) groups is 1. The third-order valence-corrected chi connectivity index (χ3v) is 4.58. The number of benzene rings is 1. The number of carbonyl (C=O) groups excluding carboxylic acids is 1. The first-order valence-corrected chi connectivity index (χ1v) is 7.61. The molecule has 0 spiro atoms. The fourth-order valence-corrected chi connectivity index (χ4v) is 2.97. The monoisotopic (exact) mass is 357 g/mol. The van der Waals surface area contributed by atoms with E-state index in [1.54, 1.807) is 11.3 Å². The van der Waals surface area contributed by atoms with Crippen LogP contribution in [0.3, 0.4) is 0 Å². The lowest BCUT2D eigenvalue weighted by Gasteiger charge is -2.07. The van der Waals surface area contributed by atoms with Crippen molar-refractivity contribution in [2.24, 2.45) is 0 Å². The Hall–Kier alpha value is -1.40. The highest BCUT2D eigenvalue weighted by atomic mass is 79.9. The van der Waals surface area contributed by atoms with Crippen molar-refractivity contribution in [3.05, 3.63) is 49.9 Å². The number of aryl methyl sites for hydroxylation is 1. The van der Waals surface area contributed by atoms with Crippen molar-refractivity contribution in [1.82, 2.24) is 0 Å². The number of nitrogen functional groups attached to an aromatic ring is 1. The second-order valence-electron chi connectivity index (χ2n) is 4.15. The summed E-state index contributed by atoms with van der Waals surface area (Å²) >= 11 is 4.74. The maximum absolute atomic E-state index is 13.2. The zero-order chi connectivity index (χ0) is 14.7. The molecule has 20 heavy (non-hydrogen) atoms. The van der Waals surface area contributed by atoms with Crippen LogP contribution in [0.4, 0.5) is 10.1 Å². The van der Waals surface area contributed by atoms with Crippen molar-refractivity contribution in [3.63, 3.8) is 0 Å². The molecule has 0 saturated carbocycles. The van der Waals surface area contributed by atoms with Gasteiger partial charge in [0.05, 0.1) is 11.3 Å². The summed E-state index contributed by atoms with van der Waals surface area (Å²) in [6.07, 6.45) is 0.957. The van der Waals surface area contributed by atoms with Gasteiger partial charge in [-0.1, -0.05) is 6.92 Å². The van der Waals surface area contributed by atoms with Crippen molar-refractivity contribution in [3.8, 4) is 0 Å². The number of hydrogen-bond donors (Lipinski definition) is 1. The second kappa shape index (κ2) is 6.37. The molecule has 2 aromatic rings. The van der Waals surface area contributed by atoms with Gasteiger partial charge in [-0.2, -0.15) is 0 Å². The van der Waals surface area contributed by atoms with E-state index in [4.69, 9.17) is 10.5 Å². The summed E-state index contributed by atoms with van der Waals surface area (Å²) in [6.45, 7) is 2.27. The summed E-state index contributed by atoms with van der Waals surface area (Å²) in [4.78, 5) is 14.2. The maximum atomic E-state index is 13.2. The summed E-state index contributed by atoms with van der Waals surface area (Å²) < 4.78 is 18.7. The van der Waals surface area contributed by atoms with E-state index in [0.717, 1.165) is 17.4 Å². The van der Waals surface area contributed by atoms with E-state index >= 15 is 0 Å². The van der Waals surface area contributed by atoms with Gasteiger partial charge in [0.2, 0.25) is 0 Å². The van der Waals surface area contributed by atoms with Crippen LogP contribution >= 0.6 is 27.3 Å². The van der Waals surface area contributed by atoms with Crippen molar-refractivity contribution >= 4 is 38.9 Å². The van der Waals surface area contributed by atoms with Crippen molar-refractivity contribution in [2.45, 2.75) is 20.0 Å². The molecule has 0 bridgehead atoms. The highest BCUT2D eigenvalue weighted by Crippen LogP contribution is 2.24. The van der Waals surface area contributed by atoms with E-state index in [0.29, 0.717) is 4.47 Å². The summed E-state index contributed by atoms with van der Waals surface area (Å²) in [6, 6.07) is 6.38. The Labute approximate surface area is 128 Å². The quantitative estimate of drug-likeness (QED) is 0.660. The van der Waals surface area contributed by atoms with Crippen molar-refractivity contribution in [1.29, 1.82) is 0 Å². The van der Waals surface area contributed by atoms with Crippen LogP contribution in [0.1, 0.15) is 27.0 Å². The molecule has 0 unspecified atom stereocenters. The van der Waals surface area contributed by atoms with Gasteiger partial charge < -0.3 is 10.5 Å². The van der Waals surface area contributed by atoms with Crippen LogP contribution in [0.25, 0.3) is 0 Å². The second-order valence-corrected chi connectivity index (χ2v) is 6.26. The third-order valence-electron chi connectivity index (χ3n) is 2.72. The van der Waals surface area contributed by atoms with Crippen LogP contribution in [0, 0.1) is 5.82 Å². The van der Waals surface area contributed by atoms with E-state index in [9.17, 15) is 9.18 Å². The minimum absolute atomic E-state index is 0.0791. The molecular weight excluding hydrogens is 345 g/mol. The van der Waals surface area contributed by atoms with Crippen LogP contribution < -0.4 is 5.73 Å². The highest BCUT2D eigenvalue weighted by Gasteiger charge is 2.15. The number of anilines is 1. The fraction of sp³-hybridized carbons (Fsp3) is 0.214. The molecule has 0 atom stereocenters. The average molecular weight is 358 g/mol. The van der Waals surface area contributed by atoms with Gasteiger partial charge in [-0.3, -0.25) is 0 Å². The largest absolute Gasteiger partial charge is 0.456 e. The van der Waals surface area contributed by atoms with Crippen LogP contribution in [-0.4, -0.2) is 5.97 Å². The molecule has 0 aliphatic carbocycles. The molecule has 106 valence electrons. The lowest BCUT2D eigenvalue weighted by molar-refractivity contribution is 0.0475. The lowest BCUT2D eigenvalue weighted by Crippen LogP contribution is -2.07. The molecular formula is C14H13BrFNO2S. The first kappa shape index (κ1) is 15.0. The van der Waals surface area contributed by atoms with Gasteiger partial charge in [-0.15, -0.1) is 11.3 Å². The highest BCUT2D eigenvalue weighted by molar-refractivity contribution is 9.10. The van der Waals surface area contributed by atoms with E-state index in [-0.39, 0.29) is 17.9 Å². The Kier molecular flexibility index (Phi) is 4.77. The Morgan fingerprint density at radius 1 is 1.40 bits per heavy atom. The predicted molar refractivity (Wildman–Crippen MR) is 81.3 cm³/mol. The maximum Gasteiger partial charge on any atom is 0.339 e. The average Bonchev–Trinajstić information content (AvgIpc) is 2.88. The van der Waals surface area contributed by atoms with Gasteiger partial charge in [0.25, 0.3) is 0 Å². The van der Waals surface area contributed by atoms with Crippen molar-refractivity contribution < 1.29 is 13.9 Å². The molecule has 0 radical (unpaired) electrons. The predicted octanol–water partition coefficient (Wildman–Crippen LogP) is 4.15. The Morgan fingerprint density at radius 2 is 2.10 bits per heavy atom. The van der Waals surface area contributed by atoms with Crippen LogP contribution in [-0.2, 0) is 17.8 Å². The molecule has 0 aliphatic rings. The summed E-state index contributed by atoms with van der Waals surface area (Å²) in [5.74, 6) is -1.10. The molecule has 0 fully saturated rings. The standard InChI is InChI=1S/C14H13BrFNO2S/c1-2-8-3-4-9(20-8)7-19-14(18)10-5-13(17)12(16)6-11(10)15/h3-6H,2,7,17H2,1H3. The van der Waals surface area contributed by atoms with Gasteiger partial charge in [0.15, 0.2) is 0 Å². The van der Waals surface area contributed by atoms with Crippen LogP contribution in [0.5, 0.6) is 0 Å². The normalized spacial score (nSPS) is 10.6. The Morgan fingerprint density at radius 3 is 2.75 bits per heavy atom. The third kappa shape index (κ3) is 3.37. The smallest absolute Gasteiger partial charge is 0.339 e. The van der Waals surface area contributed by atoms with Gasteiger partial charge in [-0.25, -0.2) is 9.18 Å². The van der Waals surface area contributed by atoms with E-state index in [1.807, 2.05) is 12.1 Å². The number of rotatable bonds is 4. The summed E-state index contributed by atoms with van der Waals surface area (Å²) in [5, 5.41) is 0. The summed E-state index contributed by atoms with van der Waals surface area (Å²) in [5.41, 5.74) is 5.59. The van der Waals surface area contributed by atoms with E-state index < -0.39 is 11.8 Å². The first-order valence-electron chi connectivity index (χ1n) is 6.00. The molecule has 1 aromatic heterocycles. The summed E-state index contributed by atoms with van der Waals surface area (Å²) in [7, 11) is 0. The minimum atomic E-state index is -0.570. The number of esters is 1. The molecule has 1 heterocycles. The molecule has 6 heteroatoms. The fourth-order valence-electron chi connectivity index (χ4n) is 1.63. The molecule has 0 aliphatic heterocycles. The molecule has 2 rings (SSSR count). The number of hydrogen-bond acceptors (Lipinski definition) is 4. The van der Waals surface area contributed by atoms with Gasteiger partial charge >= 0.3 is 5.97 Å². The molecule has 1 aromatic carbocycles. The number of ether oxygens (including phenoxy) is 1. The van der Waals surface area contributed by atoms with Gasteiger partial charge in [-0.05, 0) is 46.6 Å². The number of thiophene rings is 1. The first-order chi connectivity index (χ1) is 9.51. The van der Waals surface area contributed by atoms with Crippen LogP contribution in [0.2, 0.25) is 0 Å². The van der Waals surface area contributed by atoms with Gasteiger partial charge in [0, 0.05) is 14.2 Å². The van der Waals surface area contributed by atoms with E-state index in [1.165, 1.54) is 10.9 Å². The topological polar surface area (TPSA) is 52.3 Å². The number of nitrogens with two attached hydrogens (primary N) is 1. The van der Waals surface area contributed by atoms with E-state index in [2.05, 4.69) is 22.9 Å². The molecule has 0 amide bonds. The zero-order valence-corrected chi connectivity index (χ0v) is 13.2. The zero-order valence-electron chi connectivity index (χ0n) is 10.8. The Balaban J connectivity index is 2.07. The Bertz CT molecular complexity index is 642. The molecule has 2 N–H and O–H groups in total. The lowest BCUT2D eigenvalue weighted by atomic mass is 10.2. The van der Waals surface area contributed by atoms with Crippen LogP contribution in [0.15, 0.2) is 28.7 Å². The van der Waals surface area contributed by atoms with Gasteiger partial charge in [0.1, 0.15) is 12.4 Å². The molecule has 0 saturated heterocycles. The SMILES string of the molecule is CCc1ccc(COC(=O)c2cc(N)c(F)cc2Br)s1. The van der Waals surface area contributed by atoms with Crippen molar-refractivity contribution in [2.75, 3.05) is 5.73 Å². The number of halogens is 2.